The highest BCUT2D eigenvalue weighted by atomic mass is 127. The molecule has 1 fully saturated rings. The third-order valence-electron chi connectivity index (χ3n) is 5.19. The van der Waals surface area contributed by atoms with Gasteiger partial charge in [0.15, 0.2) is 5.96 Å². The summed E-state index contributed by atoms with van der Waals surface area (Å²) in [5, 5.41) is 6.86. The molecule has 2 atom stereocenters. The zero-order valence-electron chi connectivity index (χ0n) is 18.1. The van der Waals surface area contributed by atoms with E-state index in [1.54, 1.807) is 14.2 Å². The summed E-state index contributed by atoms with van der Waals surface area (Å²) in [6.07, 6.45) is 1.30. The number of guanidine groups is 1. The van der Waals surface area contributed by atoms with Gasteiger partial charge in [-0.25, -0.2) is 0 Å². The molecule has 0 aromatic heterocycles. The van der Waals surface area contributed by atoms with Gasteiger partial charge in [-0.2, -0.15) is 0 Å². The molecule has 0 amide bonds. The zero-order valence-corrected chi connectivity index (χ0v) is 20.4. The van der Waals surface area contributed by atoms with Gasteiger partial charge >= 0.3 is 0 Å². The summed E-state index contributed by atoms with van der Waals surface area (Å²) in [6, 6.07) is 8.29. The van der Waals surface area contributed by atoms with Gasteiger partial charge in [0.1, 0.15) is 5.75 Å². The minimum absolute atomic E-state index is 0. The minimum Gasteiger partial charge on any atom is -0.497 e. The smallest absolute Gasteiger partial charge is 0.191 e. The second-order valence-electron chi connectivity index (χ2n) is 8.23. The van der Waals surface area contributed by atoms with Gasteiger partial charge in [0.2, 0.25) is 0 Å². The van der Waals surface area contributed by atoms with Gasteiger partial charge in [-0.15, -0.1) is 24.0 Å². The van der Waals surface area contributed by atoms with E-state index in [9.17, 15) is 0 Å². The fraction of sp³-hybridized carbons (Fsp3) is 0.667. The minimum atomic E-state index is 0. The Morgan fingerprint density at radius 1 is 1.29 bits per heavy atom. The molecule has 7 heteroatoms. The molecular weight excluding hydrogens is 467 g/mol. The molecule has 2 rings (SSSR count). The van der Waals surface area contributed by atoms with Crippen LogP contribution in [0.2, 0.25) is 0 Å². The molecule has 1 aliphatic rings. The maximum atomic E-state index is 5.61. The van der Waals surface area contributed by atoms with E-state index >= 15 is 0 Å². The number of hydrogen-bond acceptors (Lipinski definition) is 4. The molecule has 1 aromatic carbocycles. The maximum absolute atomic E-state index is 5.61. The van der Waals surface area contributed by atoms with Gasteiger partial charge < -0.3 is 25.0 Å². The van der Waals surface area contributed by atoms with Gasteiger partial charge in [-0.3, -0.25) is 4.99 Å². The van der Waals surface area contributed by atoms with Crippen LogP contribution in [0.15, 0.2) is 29.3 Å². The number of halogens is 1. The topological polar surface area (TPSA) is 58.1 Å². The number of rotatable bonds is 7. The SMILES string of the molecule is CN=C(NCC1CCN(c2cccc(OC)c2)C1)NCC(OC)C(C)(C)C.I. The van der Waals surface area contributed by atoms with Gasteiger partial charge in [-0.1, -0.05) is 26.8 Å². The number of anilines is 1. The van der Waals surface area contributed by atoms with Crippen molar-refractivity contribution in [2.24, 2.45) is 16.3 Å². The van der Waals surface area contributed by atoms with E-state index in [0.717, 1.165) is 37.9 Å². The van der Waals surface area contributed by atoms with Crippen LogP contribution in [0.1, 0.15) is 27.2 Å². The Bertz CT molecular complexity index is 619. The fourth-order valence-electron chi connectivity index (χ4n) is 3.44. The average molecular weight is 504 g/mol. The van der Waals surface area contributed by atoms with Crippen LogP contribution in [0, 0.1) is 11.3 Å². The van der Waals surface area contributed by atoms with Gasteiger partial charge in [0, 0.05) is 52.1 Å². The summed E-state index contributed by atoms with van der Waals surface area (Å²) in [7, 11) is 5.28. The average Bonchev–Trinajstić information content (AvgIpc) is 3.12. The van der Waals surface area contributed by atoms with Crippen LogP contribution in [0.25, 0.3) is 0 Å². The van der Waals surface area contributed by atoms with Crippen molar-refractivity contribution < 1.29 is 9.47 Å². The van der Waals surface area contributed by atoms with Crippen molar-refractivity contribution in [2.45, 2.75) is 33.3 Å². The molecular formula is C21H37IN4O2. The van der Waals surface area contributed by atoms with Crippen LogP contribution in [-0.2, 0) is 4.74 Å². The van der Waals surface area contributed by atoms with E-state index in [1.807, 2.05) is 19.2 Å². The maximum Gasteiger partial charge on any atom is 0.191 e. The van der Waals surface area contributed by atoms with E-state index < -0.39 is 0 Å². The van der Waals surface area contributed by atoms with Gasteiger partial charge in [-0.05, 0) is 29.9 Å². The van der Waals surface area contributed by atoms with E-state index in [0.29, 0.717) is 5.92 Å². The summed E-state index contributed by atoms with van der Waals surface area (Å²) in [4.78, 5) is 6.77. The molecule has 0 bridgehead atoms. The summed E-state index contributed by atoms with van der Waals surface area (Å²) < 4.78 is 10.9. The van der Waals surface area contributed by atoms with E-state index in [1.165, 1.54) is 12.1 Å². The molecule has 0 spiro atoms. The Morgan fingerprint density at radius 3 is 2.64 bits per heavy atom. The number of ether oxygens (including phenoxy) is 2. The first-order valence-corrected chi connectivity index (χ1v) is 9.73. The summed E-state index contributed by atoms with van der Waals surface area (Å²) in [5.74, 6) is 2.34. The molecule has 160 valence electrons. The number of hydrogen-bond donors (Lipinski definition) is 2. The van der Waals surface area contributed by atoms with Crippen LogP contribution in [0.4, 0.5) is 5.69 Å². The Hall–Kier alpha value is -1.22. The predicted molar refractivity (Wildman–Crippen MR) is 128 cm³/mol. The van der Waals surface area contributed by atoms with Gasteiger partial charge in [0.05, 0.1) is 13.2 Å². The van der Waals surface area contributed by atoms with Gasteiger partial charge in [0.25, 0.3) is 0 Å². The van der Waals surface area contributed by atoms with Crippen LogP contribution in [0.5, 0.6) is 5.75 Å². The molecule has 0 radical (unpaired) electrons. The zero-order chi connectivity index (χ0) is 19.9. The van der Waals surface area contributed by atoms with E-state index in [4.69, 9.17) is 9.47 Å². The van der Waals surface area contributed by atoms with Crippen molar-refractivity contribution in [3.63, 3.8) is 0 Å². The van der Waals surface area contributed by atoms with Crippen molar-refractivity contribution in [2.75, 3.05) is 52.3 Å². The van der Waals surface area contributed by atoms with Crippen molar-refractivity contribution >= 4 is 35.6 Å². The van der Waals surface area contributed by atoms with Crippen molar-refractivity contribution in [3.8, 4) is 5.75 Å². The molecule has 28 heavy (non-hydrogen) atoms. The normalized spacial score (nSPS) is 18.4. The lowest BCUT2D eigenvalue weighted by atomic mass is 9.89. The Labute approximate surface area is 187 Å². The monoisotopic (exact) mass is 504 g/mol. The Kier molecular flexibility index (Phi) is 10.4. The van der Waals surface area contributed by atoms with Crippen molar-refractivity contribution in [3.05, 3.63) is 24.3 Å². The molecule has 2 N–H and O–H groups in total. The van der Waals surface area contributed by atoms with Crippen LogP contribution in [0.3, 0.4) is 0 Å². The van der Waals surface area contributed by atoms with Crippen LogP contribution >= 0.6 is 24.0 Å². The summed E-state index contributed by atoms with van der Waals surface area (Å²) >= 11 is 0. The van der Waals surface area contributed by atoms with Crippen LogP contribution in [-0.4, -0.2) is 59.5 Å². The molecule has 1 aliphatic heterocycles. The van der Waals surface area contributed by atoms with Crippen LogP contribution < -0.4 is 20.3 Å². The first-order chi connectivity index (χ1) is 12.9. The Balaban J connectivity index is 0.00000392. The predicted octanol–water partition coefficient (Wildman–Crippen LogP) is 3.37. The highest BCUT2D eigenvalue weighted by molar-refractivity contribution is 14.0. The fourth-order valence-corrected chi connectivity index (χ4v) is 3.44. The standard InChI is InChI=1S/C21H36N4O2.HI/c1-21(2,3)19(27-6)14-24-20(22-4)23-13-16-10-11-25(15-16)17-8-7-9-18(12-17)26-5;/h7-9,12,16,19H,10-11,13-15H2,1-6H3,(H2,22,23,24);1H. The molecule has 0 aliphatic carbocycles. The molecule has 1 aromatic rings. The largest absolute Gasteiger partial charge is 0.497 e. The third-order valence-corrected chi connectivity index (χ3v) is 5.19. The van der Waals surface area contributed by atoms with E-state index in [-0.39, 0.29) is 35.5 Å². The second kappa shape index (κ2) is 11.7. The van der Waals surface area contributed by atoms with Crippen molar-refractivity contribution in [1.82, 2.24) is 10.6 Å². The lowest BCUT2D eigenvalue weighted by Gasteiger charge is -2.30. The summed E-state index contributed by atoms with van der Waals surface area (Å²) in [5.41, 5.74) is 1.32. The highest BCUT2D eigenvalue weighted by Gasteiger charge is 2.25. The lowest BCUT2D eigenvalue weighted by molar-refractivity contribution is 0.0205. The van der Waals surface area contributed by atoms with Crippen molar-refractivity contribution in [1.29, 1.82) is 0 Å². The van der Waals surface area contributed by atoms with E-state index in [2.05, 4.69) is 53.4 Å². The molecule has 6 nitrogen and oxygen atoms in total. The number of nitrogens with zero attached hydrogens (tertiary/aromatic N) is 2. The summed E-state index contributed by atoms with van der Waals surface area (Å²) in [6.45, 7) is 10.3. The molecule has 0 saturated carbocycles. The molecule has 2 unspecified atom stereocenters. The molecule has 1 heterocycles. The third kappa shape index (κ3) is 7.31. The number of aliphatic imine (C=N–C) groups is 1. The first kappa shape index (κ1) is 24.8. The Morgan fingerprint density at radius 2 is 2.04 bits per heavy atom. The number of benzene rings is 1. The lowest BCUT2D eigenvalue weighted by Crippen LogP contribution is -2.46. The first-order valence-electron chi connectivity index (χ1n) is 9.73. The second-order valence-corrected chi connectivity index (χ2v) is 8.23. The number of methoxy groups -OCH3 is 2. The number of nitrogens with one attached hydrogen (secondary N) is 2. The quantitative estimate of drug-likeness (QED) is 0.339. The highest BCUT2D eigenvalue weighted by Crippen LogP contribution is 2.26. The molecule has 1 saturated heterocycles.